The summed E-state index contributed by atoms with van der Waals surface area (Å²) in [6.07, 6.45) is 0.394. The van der Waals surface area contributed by atoms with Crippen LogP contribution < -0.4 is 0 Å². The van der Waals surface area contributed by atoms with Gasteiger partial charge in [0.25, 0.3) is 0 Å². The lowest BCUT2D eigenvalue weighted by molar-refractivity contribution is 0.0150. The second-order valence-electron chi connectivity index (χ2n) is 4.93. The number of aliphatic hydroxyl groups is 1. The Morgan fingerprint density at radius 2 is 1.89 bits per heavy atom. The van der Waals surface area contributed by atoms with Crippen molar-refractivity contribution in [2.75, 3.05) is 6.61 Å². The molecule has 0 bridgehead atoms. The molecular weight excluding hydrogens is 236 g/mol. The maximum atomic E-state index is 10.1. The third kappa shape index (κ3) is 5.92. The van der Waals surface area contributed by atoms with Gasteiger partial charge in [-0.25, -0.2) is 0 Å². The molecule has 0 aliphatic heterocycles. The molecule has 0 unspecified atom stereocenters. The Hall–Kier alpha value is -1.30. The zero-order chi connectivity index (χ0) is 14.1. The molecule has 0 fully saturated rings. The lowest BCUT2D eigenvalue weighted by Crippen LogP contribution is -2.28. The molecule has 19 heavy (non-hydrogen) atoms. The van der Waals surface area contributed by atoms with Crippen molar-refractivity contribution in [1.82, 2.24) is 0 Å². The van der Waals surface area contributed by atoms with E-state index in [4.69, 9.17) is 4.74 Å². The molecule has 2 nitrogen and oxygen atoms in total. The second kappa shape index (κ2) is 8.74. The fourth-order valence-corrected chi connectivity index (χ4v) is 1.88. The van der Waals surface area contributed by atoms with E-state index in [0.29, 0.717) is 13.2 Å². The average molecular weight is 260 g/mol. The molecule has 0 aliphatic rings. The molecular formula is C17H24O2. The van der Waals surface area contributed by atoms with Crippen LogP contribution in [0.3, 0.4) is 0 Å². The molecule has 0 radical (unpaired) electrons. The predicted octanol–water partition coefficient (Wildman–Crippen LogP) is 3.25. The Balaban J connectivity index is 2.32. The summed E-state index contributed by atoms with van der Waals surface area (Å²) in [5.74, 6) is 6.16. The third-order valence-electron chi connectivity index (χ3n) is 3.09. The highest BCUT2D eigenvalue weighted by Gasteiger charge is 2.19. The van der Waals surface area contributed by atoms with E-state index in [1.54, 1.807) is 0 Å². The normalized spacial score (nSPS) is 15.2. The first-order valence-corrected chi connectivity index (χ1v) is 6.93. The Morgan fingerprint density at radius 1 is 1.21 bits per heavy atom. The van der Waals surface area contributed by atoms with Crippen molar-refractivity contribution in [1.29, 1.82) is 0 Å². The minimum Gasteiger partial charge on any atom is -0.391 e. The largest absolute Gasteiger partial charge is 0.391 e. The predicted molar refractivity (Wildman–Crippen MR) is 78.5 cm³/mol. The van der Waals surface area contributed by atoms with Gasteiger partial charge in [0.05, 0.1) is 19.3 Å². The number of hydrogen-bond acceptors (Lipinski definition) is 2. The molecule has 2 heteroatoms. The van der Waals surface area contributed by atoms with Gasteiger partial charge >= 0.3 is 0 Å². The van der Waals surface area contributed by atoms with E-state index in [0.717, 1.165) is 12.0 Å². The van der Waals surface area contributed by atoms with E-state index in [1.165, 1.54) is 0 Å². The maximum absolute atomic E-state index is 10.1. The number of hydrogen-bond donors (Lipinski definition) is 1. The molecule has 0 amide bonds. The van der Waals surface area contributed by atoms with Crippen LogP contribution in [0, 0.1) is 23.7 Å². The van der Waals surface area contributed by atoms with E-state index in [9.17, 15) is 5.11 Å². The van der Waals surface area contributed by atoms with Gasteiger partial charge in [-0.15, -0.1) is 5.92 Å². The van der Waals surface area contributed by atoms with Gasteiger partial charge in [-0.05, 0) is 12.5 Å². The minimum atomic E-state index is -0.435. The second-order valence-corrected chi connectivity index (χ2v) is 4.93. The first-order valence-electron chi connectivity index (χ1n) is 6.93. The Morgan fingerprint density at radius 3 is 2.53 bits per heavy atom. The van der Waals surface area contributed by atoms with Crippen LogP contribution >= 0.6 is 0 Å². The number of ether oxygens (including phenoxy) is 1. The van der Waals surface area contributed by atoms with Crippen molar-refractivity contribution >= 4 is 0 Å². The van der Waals surface area contributed by atoms with Crippen LogP contribution in [-0.4, -0.2) is 17.8 Å². The molecule has 104 valence electrons. The molecule has 3 atom stereocenters. The summed E-state index contributed by atoms with van der Waals surface area (Å²) in [6, 6.07) is 10.1. The van der Waals surface area contributed by atoms with E-state index < -0.39 is 6.10 Å². The van der Waals surface area contributed by atoms with Gasteiger partial charge in [0.2, 0.25) is 0 Å². The van der Waals surface area contributed by atoms with Crippen LogP contribution in [0.2, 0.25) is 0 Å². The highest BCUT2D eigenvalue weighted by atomic mass is 16.5. The lowest BCUT2D eigenvalue weighted by atomic mass is 9.94. The molecule has 0 saturated heterocycles. The highest BCUT2D eigenvalue weighted by molar-refractivity contribution is 5.13. The van der Waals surface area contributed by atoms with Crippen molar-refractivity contribution in [2.24, 2.45) is 11.8 Å². The van der Waals surface area contributed by atoms with Crippen LogP contribution in [0.5, 0.6) is 0 Å². The van der Waals surface area contributed by atoms with E-state index >= 15 is 0 Å². The summed E-state index contributed by atoms with van der Waals surface area (Å²) < 4.78 is 5.65. The van der Waals surface area contributed by atoms with Gasteiger partial charge in [-0.2, -0.15) is 0 Å². The van der Waals surface area contributed by atoms with Gasteiger partial charge in [0.15, 0.2) is 0 Å². The maximum Gasteiger partial charge on any atom is 0.0722 e. The van der Waals surface area contributed by atoms with Crippen LogP contribution in [0.15, 0.2) is 30.3 Å². The number of benzene rings is 1. The van der Waals surface area contributed by atoms with Crippen LogP contribution in [0.1, 0.15) is 32.8 Å². The minimum absolute atomic E-state index is 0.00437. The summed E-state index contributed by atoms with van der Waals surface area (Å²) in [4.78, 5) is 0. The van der Waals surface area contributed by atoms with Gasteiger partial charge in [-0.3, -0.25) is 0 Å². The molecule has 1 N–H and O–H groups in total. The first-order chi connectivity index (χ1) is 9.15. The number of aliphatic hydroxyl groups excluding tert-OH is 1. The fraction of sp³-hybridized carbons (Fsp3) is 0.529. The van der Waals surface area contributed by atoms with E-state index in [-0.39, 0.29) is 11.8 Å². The zero-order valence-corrected chi connectivity index (χ0v) is 12.1. The van der Waals surface area contributed by atoms with Crippen molar-refractivity contribution in [2.45, 2.75) is 39.9 Å². The summed E-state index contributed by atoms with van der Waals surface area (Å²) in [7, 11) is 0. The fourth-order valence-electron chi connectivity index (χ4n) is 1.88. The third-order valence-corrected chi connectivity index (χ3v) is 3.09. The summed E-state index contributed by atoms with van der Waals surface area (Å²) in [6.45, 7) is 7.11. The highest BCUT2D eigenvalue weighted by Crippen LogP contribution is 2.13. The van der Waals surface area contributed by atoms with Gasteiger partial charge in [-0.1, -0.05) is 50.1 Å². The molecule has 0 aromatic heterocycles. The summed E-state index contributed by atoms with van der Waals surface area (Å²) in [5, 5.41) is 10.1. The molecule has 1 aromatic rings. The summed E-state index contributed by atoms with van der Waals surface area (Å²) in [5.41, 5.74) is 1.16. The molecule has 1 aromatic carbocycles. The molecule has 1 rings (SSSR count). The van der Waals surface area contributed by atoms with Gasteiger partial charge in [0.1, 0.15) is 0 Å². The molecule has 0 heterocycles. The molecule has 0 aliphatic carbocycles. The monoisotopic (exact) mass is 260 g/mol. The standard InChI is InChI=1S/C17H24O2/c1-4-5-9-14(2)17(18)15(3)12-19-13-16-10-7-6-8-11-16/h6-8,10-11,14-15,17-18H,4,12-13H2,1-3H3/t14-,15-,17-/m1/s1. The SMILES string of the molecule is CCC#C[C@@H](C)[C@@H](O)[C@H](C)COCc1ccccc1. The summed E-state index contributed by atoms with van der Waals surface area (Å²) >= 11 is 0. The Kier molecular flexibility index (Phi) is 7.25. The zero-order valence-electron chi connectivity index (χ0n) is 12.1. The first kappa shape index (κ1) is 15.8. The van der Waals surface area contributed by atoms with Crippen molar-refractivity contribution in [3.8, 4) is 11.8 Å². The van der Waals surface area contributed by atoms with Crippen LogP contribution in [0.25, 0.3) is 0 Å². The Bertz CT molecular complexity index is 402. The van der Waals surface area contributed by atoms with Crippen molar-refractivity contribution in [3.63, 3.8) is 0 Å². The van der Waals surface area contributed by atoms with E-state index in [1.807, 2.05) is 51.1 Å². The van der Waals surface area contributed by atoms with Crippen molar-refractivity contribution < 1.29 is 9.84 Å². The van der Waals surface area contributed by atoms with Crippen LogP contribution in [0.4, 0.5) is 0 Å². The smallest absolute Gasteiger partial charge is 0.0722 e. The quantitative estimate of drug-likeness (QED) is 0.796. The Labute approximate surface area is 116 Å². The molecule has 0 saturated carbocycles. The molecule has 0 spiro atoms. The van der Waals surface area contributed by atoms with Crippen LogP contribution in [-0.2, 0) is 11.3 Å². The lowest BCUT2D eigenvalue weighted by Gasteiger charge is -2.21. The average Bonchev–Trinajstić information content (AvgIpc) is 2.44. The van der Waals surface area contributed by atoms with Gasteiger partial charge in [0, 0.05) is 18.3 Å². The van der Waals surface area contributed by atoms with Gasteiger partial charge < -0.3 is 9.84 Å². The number of rotatable bonds is 6. The van der Waals surface area contributed by atoms with E-state index in [2.05, 4.69) is 11.8 Å². The van der Waals surface area contributed by atoms with Crippen molar-refractivity contribution in [3.05, 3.63) is 35.9 Å². The topological polar surface area (TPSA) is 29.5 Å².